The number of carbonyl (C=O) groups excluding carboxylic acids is 1. The standard InChI is InChI=1S/C10H15N3O/c1-12-6-7-13(8-2-3-8)10(14)9(12)4-5-11/h8-9H,2-4,6-7H2,1H3. The lowest BCUT2D eigenvalue weighted by Gasteiger charge is -2.37. The van der Waals surface area contributed by atoms with Crippen LogP contribution in [0.25, 0.3) is 0 Å². The van der Waals surface area contributed by atoms with Crippen molar-refractivity contribution in [2.45, 2.75) is 31.3 Å². The Morgan fingerprint density at radius 1 is 1.50 bits per heavy atom. The summed E-state index contributed by atoms with van der Waals surface area (Å²) < 4.78 is 0. The van der Waals surface area contributed by atoms with Crippen LogP contribution in [-0.2, 0) is 4.79 Å². The number of nitriles is 1. The van der Waals surface area contributed by atoms with Gasteiger partial charge in [0.2, 0.25) is 5.91 Å². The Balaban J connectivity index is 2.05. The summed E-state index contributed by atoms with van der Waals surface area (Å²) in [6.07, 6.45) is 2.61. The second kappa shape index (κ2) is 3.58. The maximum atomic E-state index is 11.9. The predicted octanol–water partition coefficient (Wildman–Crippen LogP) is 0.205. The highest BCUT2D eigenvalue weighted by Crippen LogP contribution is 2.29. The van der Waals surface area contributed by atoms with Gasteiger partial charge in [-0.3, -0.25) is 9.69 Å². The van der Waals surface area contributed by atoms with Crippen molar-refractivity contribution in [1.82, 2.24) is 9.80 Å². The molecule has 1 amide bonds. The lowest BCUT2D eigenvalue weighted by molar-refractivity contribution is -0.141. The van der Waals surface area contributed by atoms with E-state index < -0.39 is 0 Å². The second-order valence-electron chi connectivity index (χ2n) is 4.12. The van der Waals surface area contributed by atoms with Crippen molar-refractivity contribution < 1.29 is 4.79 Å². The molecule has 1 heterocycles. The quantitative estimate of drug-likeness (QED) is 0.629. The smallest absolute Gasteiger partial charge is 0.241 e. The van der Waals surface area contributed by atoms with E-state index in [1.165, 1.54) is 0 Å². The summed E-state index contributed by atoms with van der Waals surface area (Å²) in [7, 11) is 1.92. The zero-order valence-corrected chi connectivity index (χ0v) is 8.44. The van der Waals surface area contributed by atoms with Gasteiger partial charge < -0.3 is 4.90 Å². The largest absolute Gasteiger partial charge is 0.337 e. The maximum absolute atomic E-state index is 11.9. The first-order valence-electron chi connectivity index (χ1n) is 5.11. The summed E-state index contributed by atoms with van der Waals surface area (Å²) in [4.78, 5) is 15.9. The topological polar surface area (TPSA) is 47.3 Å². The molecule has 2 fully saturated rings. The van der Waals surface area contributed by atoms with E-state index in [1.807, 2.05) is 16.8 Å². The van der Waals surface area contributed by atoms with Gasteiger partial charge in [-0.05, 0) is 19.9 Å². The van der Waals surface area contributed by atoms with Crippen LogP contribution < -0.4 is 0 Å². The molecule has 0 radical (unpaired) electrons. The van der Waals surface area contributed by atoms with Crippen LogP contribution in [0.2, 0.25) is 0 Å². The number of piperazine rings is 1. The Bertz CT molecular complexity index is 280. The fraction of sp³-hybridized carbons (Fsp3) is 0.800. The van der Waals surface area contributed by atoms with E-state index in [4.69, 9.17) is 5.26 Å². The first-order chi connectivity index (χ1) is 6.74. The van der Waals surface area contributed by atoms with Gasteiger partial charge in [-0.15, -0.1) is 0 Å². The monoisotopic (exact) mass is 193 g/mol. The van der Waals surface area contributed by atoms with Crippen molar-refractivity contribution in [3.05, 3.63) is 0 Å². The van der Waals surface area contributed by atoms with Gasteiger partial charge in [0.25, 0.3) is 0 Å². The molecule has 0 aromatic rings. The average Bonchev–Trinajstić information content (AvgIpc) is 2.96. The highest BCUT2D eigenvalue weighted by molar-refractivity contribution is 5.83. The molecule has 4 heteroatoms. The summed E-state index contributed by atoms with van der Waals surface area (Å²) >= 11 is 0. The van der Waals surface area contributed by atoms with Gasteiger partial charge in [-0.2, -0.15) is 5.26 Å². The van der Waals surface area contributed by atoms with Crippen molar-refractivity contribution in [2.75, 3.05) is 20.1 Å². The lowest BCUT2D eigenvalue weighted by atomic mass is 10.1. The van der Waals surface area contributed by atoms with Gasteiger partial charge in [0.1, 0.15) is 6.04 Å². The normalized spacial score (nSPS) is 29.0. The third-order valence-corrected chi connectivity index (χ3v) is 3.07. The highest BCUT2D eigenvalue weighted by atomic mass is 16.2. The maximum Gasteiger partial charge on any atom is 0.241 e. The van der Waals surface area contributed by atoms with Crippen molar-refractivity contribution in [1.29, 1.82) is 5.26 Å². The first-order valence-corrected chi connectivity index (χ1v) is 5.11. The minimum Gasteiger partial charge on any atom is -0.337 e. The third kappa shape index (κ3) is 1.60. The molecule has 2 rings (SSSR count). The summed E-state index contributed by atoms with van der Waals surface area (Å²) in [5, 5.41) is 8.65. The molecule has 1 aliphatic heterocycles. The molecule has 1 aliphatic carbocycles. The Morgan fingerprint density at radius 2 is 2.21 bits per heavy atom. The van der Waals surface area contributed by atoms with Gasteiger partial charge in [0.05, 0.1) is 12.5 Å². The van der Waals surface area contributed by atoms with E-state index >= 15 is 0 Å². The fourth-order valence-corrected chi connectivity index (χ4v) is 1.99. The second-order valence-corrected chi connectivity index (χ2v) is 4.12. The van der Waals surface area contributed by atoms with Crippen LogP contribution in [-0.4, -0.2) is 47.9 Å². The molecule has 0 bridgehead atoms. The van der Waals surface area contributed by atoms with Gasteiger partial charge >= 0.3 is 0 Å². The SMILES string of the molecule is CN1CCN(C2CC2)C(=O)C1CC#N. The van der Waals surface area contributed by atoms with Crippen LogP contribution in [0.4, 0.5) is 0 Å². The van der Waals surface area contributed by atoms with E-state index in [9.17, 15) is 4.79 Å². The summed E-state index contributed by atoms with van der Waals surface area (Å²) in [5.74, 6) is 0.155. The Labute approximate surface area is 84.1 Å². The van der Waals surface area contributed by atoms with Crippen LogP contribution in [0.3, 0.4) is 0 Å². The molecule has 1 saturated heterocycles. The Kier molecular flexibility index (Phi) is 2.42. The number of rotatable bonds is 2. The Morgan fingerprint density at radius 3 is 2.79 bits per heavy atom. The first kappa shape index (κ1) is 9.47. The molecule has 0 spiro atoms. The Hall–Kier alpha value is -1.08. The number of amides is 1. The fourth-order valence-electron chi connectivity index (χ4n) is 1.99. The van der Waals surface area contributed by atoms with E-state index in [0.717, 1.165) is 25.9 Å². The van der Waals surface area contributed by atoms with E-state index in [2.05, 4.69) is 6.07 Å². The van der Waals surface area contributed by atoms with Crippen LogP contribution >= 0.6 is 0 Å². The summed E-state index contributed by atoms with van der Waals surface area (Å²) in [6, 6.07) is 2.37. The summed E-state index contributed by atoms with van der Waals surface area (Å²) in [5.41, 5.74) is 0. The molecule has 76 valence electrons. The summed E-state index contributed by atoms with van der Waals surface area (Å²) in [6.45, 7) is 1.73. The van der Waals surface area contributed by atoms with Gasteiger partial charge in [0, 0.05) is 19.1 Å². The zero-order valence-electron chi connectivity index (χ0n) is 8.44. The van der Waals surface area contributed by atoms with Crippen LogP contribution in [0, 0.1) is 11.3 Å². The molecule has 4 nitrogen and oxygen atoms in total. The molecule has 14 heavy (non-hydrogen) atoms. The van der Waals surface area contributed by atoms with Crippen molar-refractivity contribution in [3.63, 3.8) is 0 Å². The molecule has 1 atom stereocenters. The van der Waals surface area contributed by atoms with Gasteiger partial charge in [0.15, 0.2) is 0 Å². The van der Waals surface area contributed by atoms with E-state index in [1.54, 1.807) is 0 Å². The van der Waals surface area contributed by atoms with Crippen LogP contribution in [0.1, 0.15) is 19.3 Å². The molecule has 1 saturated carbocycles. The minimum atomic E-state index is -0.200. The van der Waals surface area contributed by atoms with Crippen LogP contribution in [0.5, 0.6) is 0 Å². The molecule has 0 aromatic heterocycles. The predicted molar refractivity (Wildman–Crippen MR) is 51.4 cm³/mol. The van der Waals surface area contributed by atoms with Crippen LogP contribution in [0.15, 0.2) is 0 Å². The number of likely N-dealkylation sites (N-methyl/N-ethyl adjacent to an activating group) is 1. The minimum absolute atomic E-state index is 0.155. The van der Waals surface area contributed by atoms with Crippen molar-refractivity contribution >= 4 is 5.91 Å². The third-order valence-electron chi connectivity index (χ3n) is 3.07. The molecule has 1 unspecified atom stereocenters. The number of carbonyl (C=O) groups is 1. The molecule has 0 aromatic carbocycles. The van der Waals surface area contributed by atoms with E-state index in [0.29, 0.717) is 12.5 Å². The van der Waals surface area contributed by atoms with Crippen molar-refractivity contribution in [2.24, 2.45) is 0 Å². The van der Waals surface area contributed by atoms with Crippen molar-refractivity contribution in [3.8, 4) is 6.07 Å². The van der Waals surface area contributed by atoms with Gasteiger partial charge in [-0.1, -0.05) is 0 Å². The zero-order chi connectivity index (χ0) is 10.1. The number of hydrogen-bond donors (Lipinski definition) is 0. The lowest BCUT2D eigenvalue weighted by Crippen LogP contribution is -2.56. The molecular weight excluding hydrogens is 178 g/mol. The number of hydrogen-bond acceptors (Lipinski definition) is 3. The number of nitrogens with zero attached hydrogens (tertiary/aromatic N) is 3. The molecular formula is C10H15N3O. The van der Waals surface area contributed by atoms with Gasteiger partial charge in [-0.25, -0.2) is 0 Å². The average molecular weight is 193 g/mol. The molecule has 2 aliphatic rings. The van der Waals surface area contributed by atoms with E-state index in [-0.39, 0.29) is 11.9 Å². The highest BCUT2D eigenvalue weighted by Gasteiger charge is 2.39. The molecule has 0 N–H and O–H groups in total.